The molecule has 6 rings (SSSR count). The fourth-order valence-corrected chi connectivity index (χ4v) is 5.75. The van der Waals surface area contributed by atoms with Crippen LogP contribution in [0.25, 0.3) is 22.0 Å². The first kappa shape index (κ1) is 27.3. The lowest BCUT2D eigenvalue weighted by Crippen LogP contribution is -2.33. The minimum absolute atomic E-state index is 0.254. The summed E-state index contributed by atoms with van der Waals surface area (Å²) in [6, 6.07) is 16.7. The highest BCUT2D eigenvalue weighted by Crippen LogP contribution is 2.31. The van der Waals surface area contributed by atoms with Crippen molar-refractivity contribution >= 4 is 39.6 Å². The van der Waals surface area contributed by atoms with Gasteiger partial charge in [0.2, 0.25) is 5.88 Å². The van der Waals surface area contributed by atoms with Gasteiger partial charge in [0.05, 0.1) is 41.0 Å². The van der Waals surface area contributed by atoms with E-state index < -0.39 is 5.97 Å². The van der Waals surface area contributed by atoms with Gasteiger partial charge in [-0.2, -0.15) is 0 Å². The molecule has 1 aliphatic rings. The fourth-order valence-electron chi connectivity index (χ4n) is 5.53. The number of aromatic carboxylic acids is 1. The molecule has 10 heteroatoms. The lowest BCUT2D eigenvalue weighted by molar-refractivity contribution is 0.0697. The molecule has 1 fully saturated rings. The minimum Gasteiger partial charge on any atom is -0.478 e. The summed E-state index contributed by atoms with van der Waals surface area (Å²) >= 11 is 6.27. The number of pyridine rings is 1. The van der Waals surface area contributed by atoms with Crippen LogP contribution in [0.5, 0.6) is 5.88 Å². The van der Waals surface area contributed by atoms with E-state index in [4.69, 9.17) is 35.5 Å². The normalized spacial score (nSPS) is 14.7. The van der Waals surface area contributed by atoms with Crippen molar-refractivity contribution in [1.29, 1.82) is 0 Å². The van der Waals surface area contributed by atoms with E-state index in [1.807, 2.05) is 30.3 Å². The Kier molecular flexibility index (Phi) is 7.91. The maximum Gasteiger partial charge on any atom is 0.335 e. The van der Waals surface area contributed by atoms with Crippen molar-refractivity contribution in [1.82, 2.24) is 19.4 Å². The molecule has 212 valence electrons. The van der Waals surface area contributed by atoms with Gasteiger partial charge in [-0.25, -0.2) is 14.8 Å². The van der Waals surface area contributed by atoms with Crippen LogP contribution in [-0.2, 0) is 24.4 Å². The summed E-state index contributed by atoms with van der Waals surface area (Å²) in [5.74, 6) is 0.900. The van der Waals surface area contributed by atoms with E-state index in [0.29, 0.717) is 43.1 Å². The second-order valence-corrected chi connectivity index (χ2v) is 10.7. The predicted octanol–water partition coefficient (Wildman–Crippen LogP) is 6.13. The summed E-state index contributed by atoms with van der Waals surface area (Å²) < 4.78 is 19.1. The molecular weight excluding hydrogens is 544 g/mol. The molecule has 0 unspecified atom stereocenters. The monoisotopic (exact) mass is 574 g/mol. The molecule has 1 saturated heterocycles. The van der Waals surface area contributed by atoms with Crippen molar-refractivity contribution in [3.63, 3.8) is 0 Å². The quantitative estimate of drug-likeness (QED) is 0.212. The predicted molar refractivity (Wildman–Crippen MR) is 156 cm³/mol. The Bertz CT molecular complexity index is 1690. The lowest BCUT2D eigenvalue weighted by Gasteiger charge is -2.31. The zero-order valence-corrected chi connectivity index (χ0v) is 23.5. The number of furan rings is 1. The zero-order valence-electron chi connectivity index (χ0n) is 22.8. The van der Waals surface area contributed by atoms with E-state index in [9.17, 15) is 9.90 Å². The minimum atomic E-state index is -0.946. The van der Waals surface area contributed by atoms with Gasteiger partial charge in [0.25, 0.3) is 0 Å². The molecule has 0 saturated carbocycles. The molecule has 2 aromatic carbocycles. The van der Waals surface area contributed by atoms with E-state index in [2.05, 4.69) is 15.5 Å². The van der Waals surface area contributed by atoms with E-state index in [-0.39, 0.29) is 5.56 Å². The van der Waals surface area contributed by atoms with E-state index in [1.54, 1.807) is 31.6 Å². The summed E-state index contributed by atoms with van der Waals surface area (Å²) in [5.41, 5.74) is 4.56. The standard InChI is InChI=1S/C31H31ClN4O5/c1-39-16-14-36-27-17-21(31(37)38)6-8-26(27)33-28(36)18-35-12-9-20(10-13-35)25-3-2-4-29(34-25)41-19-22-5-7-24(32)23-11-15-40-30(22)23/h2-8,11,15,17,20H,9-10,12-14,16,18-19H2,1H3,(H,37,38). The Balaban J connectivity index is 1.10. The molecule has 0 spiro atoms. The van der Waals surface area contributed by atoms with E-state index in [0.717, 1.165) is 65.0 Å². The first-order valence-electron chi connectivity index (χ1n) is 13.7. The number of aromatic nitrogens is 3. The number of rotatable bonds is 10. The number of fused-ring (bicyclic) bond motifs is 2. The average Bonchev–Trinajstić information content (AvgIpc) is 3.62. The molecule has 9 nitrogen and oxygen atoms in total. The summed E-state index contributed by atoms with van der Waals surface area (Å²) in [6.45, 7) is 3.98. The third-order valence-electron chi connectivity index (χ3n) is 7.73. The Morgan fingerprint density at radius 1 is 1.12 bits per heavy atom. The van der Waals surface area contributed by atoms with Crippen LogP contribution in [0.2, 0.25) is 5.02 Å². The number of hydrogen-bond acceptors (Lipinski definition) is 7. The molecule has 0 aliphatic carbocycles. The van der Waals surface area contributed by atoms with Gasteiger partial charge in [-0.1, -0.05) is 23.7 Å². The van der Waals surface area contributed by atoms with Gasteiger partial charge in [0.15, 0.2) is 0 Å². The van der Waals surface area contributed by atoms with Crippen LogP contribution in [0.4, 0.5) is 0 Å². The van der Waals surface area contributed by atoms with Crippen molar-refractivity contribution in [2.24, 2.45) is 0 Å². The smallest absolute Gasteiger partial charge is 0.335 e. The van der Waals surface area contributed by atoms with Crippen LogP contribution >= 0.6 is 11.6 Å². The Labute approximate surface area is 242 Å². The number of carboxylic acids is 1. The molecule has 41 heavy (non-hydrogen) atoms. The molecule has 4 heterocycles. The van der Waals surface area contributed by atoms with Gasteiger partial charge in [-0.05, 0) is 62.3 Å². The van der Waals surface area contributed by atoms with E-state index in [1.165, 1.54) is 0 Å². The third-order valence-corrected chi connectivity index (χ3v) is 8.06. The number of halogens is 1. The fraction of sp³-hybridized carbons (Fsp3) is 0.323. The van der Waals surface area contributed by atoms with Crippen molar-refractivity contribution in [3.05, 3.63) is 88.5 Å². The Hall–Kier alpha value is -3.92. The van der Waals surface area contributed by atoms with Crippen molar-refractivity contribution < 1.29 is 23.8 Å². The number of piperidine rings is 1. The number of hydrogen-bond donors (Lipinski definition) is 1. The highest BCUT2D eigenvalue weighted by atomic mass is 35.5. The van der Waals surface area contributed by atoms with Gasteiger partial charge in [0, 0.05) is 42.3 Å². The average molecular weight is 575 g/mol. The molecule has 5 aromatic rings. The highest BCUT2D eigenvalue weighted by molar-refractivity contribution is 6.35. The summed E-state index contributed by atoms with van der Waals surface area (Å²) in [6.07, 6.45) is 3.58. The van der Waals surface area contributed by atoms with Crippen LogP contribution in [-0.4, -0.2) is 57.3 Å². The number of carboxylic acid groups (broad SMARTS) is 1. The Morgan fingerprint density at radius 2 is 1.98 bits per heavy atom. The molecule has 0 radical (unpaired) electrons. The molecule has 0 bridgehead atoms. The van der Waals surface area contributed by atoms with Crippen LogP contribution in [0, 0.1) is 0 Å². The second kappa shape index (κ2) is 11.9. The largest absolute Gasteiger partial charge is 0.478 e. The number of imidazole rings is 1. The molecule has 3 aromatic heterocycles. The first-order chi connectivity index (χ1) is 20.0. The topological polar surface area (TPSA) is 103 Å². The summed E-state index contributed by atoms with van der Waals surface area (Å²) in [7, 11) is 1.66. The molecule has 1 aliphatic heterocycles. The Morgan fingerprint density at radius 3 is 2.78 bits per heavy atom. The molecule has 0 amide bonds. The highest BCUT2D eigenvalue weighted by Gasteiger charge is 2.24. The van der Waals surface area contributed by atoms with Gasteiger partial charge in [-0.15, -0.1) is 0 Å². The van der Waals surface area contributed by atoms with Gasteiger partial charge in [0.1, 0.15) is 18.0 Å². The second-order valence-electron chi connectivity index (χ2n) is 10.3. The first-order valence-corrected chi connectivity index (χ1v) is 14.1. The number of methoxy groups -OCH3 is 1. The SMILES string of the molecule is COCCn1c(CN2CCC(c3cccc(OCc4ccc(Cl)c5ccoc45)n3)CC2)nc2ccc(C(=O)O)cc21. The molecular formula is C31H31ClN4O5. The molecule has 0 atom stereocenters. The van der Waals surface area contributed by atoms with Gasteiger partial charge in [-0.3, -0.25) is 4.90 Å². The van der Waals surface area contributed by atoms with Crippen LogP contribution < -0.4 is 4.74 Å². The van der Waals surface area contributed by atoms with Crippen molar-refractivity contribution in [3.8, 4) is 5.88 Å². The lowest BCUT2D eigenvalue weighted by atomic mass is 9.93. The number of nitrogens with zero attached hydrogens (tertiary/aromatic N) is 4. The van der Waals surface area contributed by atoms with Gasteiger partial charge >= 0.3 is 5.97 Å². The van der Waals surface area contributed by atoms with Crippen LogP contribution in [0.15, 0.2) is 65.3 Å². The number of carbonyl (C=O) groups is 1. The molecule has 1 N–H and O–H groups in total. The van der Waals surface area contributed by atoms with Crippen LogP contribution in [0.1, 0.15) is 46.2 Å². The van der Waals surface area contributed by atoms with Crippen molar-refractivity contribution in [2.75, 3.05) is 26.8 Å². The summed E-state index contributed by atoms with van der Waals surface area (Å²) in [4.78, 5) is 23.6. The maximum absolute atomic E-state index is 11.5. The zero-order chi connectivity index (χ0) is 28.3. The number of likely N-dealkylation sites (tertiary alicyclic amines) is 1. The van der Waals surface area contributed by atoms with Gasteiger partial charge < -0.3 is 23.6 Å². The van der Waals surface area contributed by atoms with Crippen LogP contribution in [0.3, 0.4) is 0 Å². The van der Waals surface area contributed by atoms with Crippen molar-refractivity contribution in [2.45, 2.75) is 38.5 Å². The number of benzene rings is 2. The third kappa shape index (κ3) is 5.79. The number of ether oxygens (including phenoxy) is 2. The maximum atomic E-state index is 11.5. The van der Waals surface area contributed by atoms with E-state index >= 15 is 0 Å². The summed E-state index contributed by atoms with van der Waals surface area (Å²) in [5, 5.41) is 11.0.